The summed E-state index contributed by atoms with van der Waals surface area (Å²) in [7, 11) is 0. The van der Waals surface area contributed by atoms with E-state index in [9.17, 15) is 0 Å². The molecular formula is C12H13Br2N3. The topological polar surface area (TPSA) is 30.7 Å². The fourth-order valence-electron chi connectivity index (χ4n) is 1.96. The Morgan fingerprint density at radius 3 is 2.53 bits per heavy atom. The third-order valence-electron chi connectivity index (χ3n) is 2.78. The van der Waals surface area contributed by atoms with Gasteiger partial charge in [0.15, 0.2) is 5.82 Å². The maximum Gasteiger partial charge on any atom is 0.167 e. The fourth-order valence-corrected chi connectivity index (χ4v) is 3.11. The van der Waals surface area contributed by atoms with Crippen LogP contribution >= 0.6 is 31.9 Å². The molecule has 2 aromatic heterocycles. The zero-order valence-electron chi connectivity index (χ0n) is 9.96. The van der Waals surface area contributed by atoms with Gasteiger partial charge >= 0.3 is 0 Å². The molecule has 0 spiro atoms. The van der Waals surface area contributed by atoms with Crippen LogP contribution in [0.3, 0.4) is 0 Å². The Morgan fingerprint density at radius 1 is 1.29 bits per heavy atom. The number of rotatable bonds is 2. The van der Waals surface area contributed by atoms with Crippen molar-refractivity contribution in [1.82, 2.24) is 14.8 Å². The summed E-state index contributed by atoms with van der Waals surface area (Å²) in [6, 6.07) is 1.98. The van der Waals surface area contributed by atoms with Crippen molar-refractivity contribution in [3.63, 3.8) is 0 Å². The molecule has 0 fully saturated rings. The first-order valence-electron chi connectivity index (χ1n) is 5.41. The number of nitrogens with zero attached hydrogens (tertiary/aromatic N) is 3. The fraction of sp³-hybridized carbons (Fsp3) is 0.333. The van der Waals surface area contributed by atoms with Crippen molar-refractivity contribution in [2.75, 3.05) is 0 Å². The Hall–Kier alpha value is -0.680. The summed E-state index contributed by atoms with van der Waals surface area (Å²) in [6.45, 7) is 6.26. The highest BCUT2D eigenvalue weighted by molar-refractivity contribution is 9.11. The molecule has 90 valence electrons. The molecule has 0 bridgehead atoms. The van der Waals surface area contributed by atoms with E-state index in [-0.39, 0.29) is 0 Å². The number of hydrogen-bond acceptors (Lipinski definition) is 2. The van der Waals surface area contributed by atoms with E-state index in [1.165, 1.54) is 5.56 Å². The normalized spacial score (nSPS) is 10.9. The average Bonchev–Trinajstić information content (AvgIpc) is 2.54. The smallest absolute Gasteiger partial charge is 0.167 e. The van der Waals surface area contributed by atoms with Gasteiger partial charge in [0.05, 0.1) is 10.2 Å². The minimum atomic E-state index is 0.827. The van der Waals surface area contributed by atoms with Gasteiger partial charge in [-0.15, -0.1) is 0 Å². The van der Waals surface area contributed by atoms with Crippen LogP contribution in [0.4, 0.5) is 0 Å². The SMILES string of the molecule is CCc1c(C)nn(-c2ncc(Br)cc2Br)c1C. The Kier molecular flexibility index (Phi) is 3.68. The maximum absolute atomic E-state index is 4.55. The number of aryl methyl sites for hydroxylation is 1. The standard InChI is InChI=1S/C12H13Br2N3/c1-4-10-7(2)16-17(8(10)3)12-11(14)5-9(13)6-15-12/h5-6H,4H2,1-3H3. The molecule has 0 atom stereocenters. The van der Waals surface area contributed by atoms with E-state index < -0.39 is 0 Å². The van der Waals surface area contributed by atoms with E-state index in [4.69, 9.17) is 0 Å². The zero-order valence-corrected chi connectivity index (χ0v) is 13.1. The van der Waals surface area contributed by atoms with Crippen LogP contribution in [0.2, 0.25) is 0 Å². The van der Waals surface area contributed by atoms with Gasteiger partial charge in [-0.3, -0.25) is 0 Å². The molecule has 0 aliphatic heterocycles. The number of aromatic nitrogens is 3. The molecule has 3 nitrogen and oxygen atoms in total. The third kappa shape index (κ3) is 2.31. The number of pyridine rings is 1. The van der Waals surface area contributed by atoms with Crippen molar-refractivity contribution >= 4 is 31.9 Å². The Morgan fingerprint density at radius 2 is 2.00 bits per heavy atom. The first-order valence-corrected chi connectivity index (χ1v) is 6.99. The van der Waals surface area contributed by atoms with Gasteiger partial charge in [0.2, 0.25) is 0 Å². The van der Waals surface area contributed by atoms with Crippen LogP contribution < -0.4 is 0 Å². The van der Waals surface area contributed by atoms with Crippen molar-refractivity contribution in [3.8, 4) is 5.82 Å². The van der Waals surface area contributed by atoms with Gasteiger partial charge in [0, 0.05) is 16.4 Å². The summed E-state index contributed by atoms with van der Waals surface area (Å²) in [5.74, 6) is 0.827. The molecular weight excluding hydrogens is 346 g/mol. The molecule has 0 saturated heterocycles. The van der Waals surface area contributed by atoms with Gasteiger partial charge in [-0.1, -0.05) is 6.92 Å². The highest BCUT2D eigenvalue weighted by Gasteiger charge is 2.14. The second-order valence-corrected chi connectivity index (χ2v) is 5.64. The van der Waals surface area contributed by atoms with Gasteiger partial charge in [0.1, 0.15) is 0 Å². The second kappa shape index (κ2) is 4.90. The van der Waals surface area contributed by atoms with E-state index >= 15 is 0 Å². The molecule has 17 heavy (non-hydrogen) atoms. The summed E-state index contributed by atoms with van der Waals surface area (Å²) in [5.41, 5.74) is 3.52. The molecule has 0 aliphatic rings. The van der Waals surface area contributed by atoms with Crippen LogP contribution in [0, 0.1) is 13.8 Å². The van der Waals surface area contributed by atoms with Gasteiger partial charge in [-0.2, -0.15) is 5.10 Å². The molecule has 0 aromatic carbocycles. The Bertz CT molecular complexity index is 561. The van der Waals surface area contributed by atoms with E-state index in [1.807, 2.05) is 17.7 Å². The second-order valence-electron chi connectivity index (χ2n) is 3.87. The molecule has 0 unspecified atom stereocenters. The largest absolute Gasteiger partial charge is 0.235 e. The summed E-state index contributed by atoms with van der Waals surface area (Å²) >= 11 is 6.92. The average molecular weight is 359 g/mol. The van der Waals surface area contributed by atoms with E-state index in [0.717, 1.165) is 32.6 Å². The van der Waals surface area contributed by atoms with Crippen LogP contribution in [0.15, 0.2) is 21.2 Å². The minimum absolute atomic E-state index is 0.827. The summed E-state index contributed by atoms with van der Waals surface area (Å²) < 4.78 is 3.77. The monoisotopic (exact) mass is 357 g/mol. The van der Waals surface area contributed by atoms with E-state index in [1.54, 1.807) is 6.20 Å². The van der Waals surface area contributed by atoms with Gasteiger partial charge in [-0.05, 0) is 63.8 Å². The lowest BCUT2D eigenvalue weighted by atomic mass is 10.1. The molecule has 2 rings (SSSR count). The predicted octanol–water partition coefficient (Wildman–Crippen LogP) is 3.97. The lowest BCUT2D eigenvalue weighted by Crippen LogP contribution is -2.03. The van der Waals surface area contributed by atoms with Crippen LogP contribution in [0.1, 0.15) is 23.9 Å². The summed E-state index contributed by atoms with van der Waals surface area (Å²) in [4.78, 5) is 4.40. The molecule has 0 saturated carbocycles. The van der Waals surface area contributed by atoms with Crippen molar-refractivity contribution in [1.29, 1.82) is 0 Å². The minimum Gasteiger partial charge on any atom is -0.235 e. The van der Waals surface area contributed by atoms with Gasteiger partial charge in [-0.25, -0.2) is 9.67 Å². The molecule has 0 amide bonds. The molecule has 0 aliphatic carbocycles. The highest BCUT2D eigenvalue weighted by atomic mass is 79.9. The lowest BCUT2D eigenvalue weighted by Gasteiger charge is -2.06. The van der Waals surface area contributed by atoms with Crippen molar-refractivity contribution in [3.05, 3.63) is 38.2 Å². The Labute approximate surface area is 118 Å². The highest BCUT2D eigenvalue weighted by Crippen LogP contribution is 2.25. The van der Waals surface area contributed by atoms with Crippen molar-refractivity contribution in [2.24, 2.45) is 0 Å². The summed E-state index contributed by atoms with van der Waals surface area (Å²) in [6.07, 6.45) is 2.77. The quantitative estimate of drug-likeness (QED) is 0.813. The first-order chi connectivity index (χ1) is 8.04. The first kappa shape index (κ1) is 12.8. The lowest BCUT2D eigenvalue weighted by molar-refractivity contribution is 0.800. The third-order valence-corrected chi connectivity index (χ3v) is 3.80. The molecule has 0 N–H and O–H groups in total. The number of halogens is 2. The molecule has 0 radical (unpaired) electrons. The zero-order chi connectivity index (χ0) is 12.6. The van der Waals surface area contributed by atoms with Crippen LogP contribution in [0.5, 0.6) is 0 Å². The van der Waals surface area contributed by atoms with Crippen LogP contribution in [-0.4, -0.2) is 14.8 Å². The van der Waals surface area contributed by atoms with Crippen LogP contribution in [-0.2, 0) is 6.42 Å². The van der Waals surface area contributed by atoms with Crippen LogP contribution in [0.25, 0.3) is 5.82 Å². The Balaban J connectivity index is 2.61. The van der Waals surface area contributed by atoms with E-state index in [2.05, 4.69) is 55.8 Å². The molecule has 2 heterocycles. The molecule has 5 heteroatoms. The van der Waals surface area contributed by atoms with E-state index in [0.29, 0.717) is 0 Å². The summed E-state index contributed by atoms with van der Waals surface area (Å²) in [5, 5.41) is 4.55. The number of hydrogen-bond donors (Lipinski definition) is 0. The van der Waals surface area contributed by atoms with Crippen molar-refractivity contribution < 1.29 is 0 Å². The van der Waals surface area contributed by atoms with Crippen molar-refractivity contribution in [2.45, 2.75) is 27.2 Å². The van der Waals surface area contributed by atoms with Gasteiger partial charge < -0.3 is 0 Å². The van der Waals surface area contributed by atoms with Gasteiger partial charge in [0.25, 0.3) is 0 Å². The predicted molar refractivity (Wildman–Crippen MR) is 75.6 cm³/mol. The maximum atomic E-state index is 4.55. The molecule has 2 aromatic rings.